The molecule has 5 heteroatoms. The third kappa shape index (κ3) is 2.07. The molecule has 0 saturated carbocycles. The highest BCUT2D eigenvalue weighted by molar-refractivity contribution is 6.03. The van der Waals surface area contributed by atoms with Crippen LogP contribution in [0.15, 0.2) is 42.5 Å². The van der Waals surface area contributed by atoms with Crippen LogP contribution in [0.5, 0.6) is 11.5 Å². The lowest BCUT2D eigenvalue weighted by Gasteiger charge is -2.30. The molecule has 106 valence electrons. The zero-order chi connectivity index (χ0) is 14.2. The van der Waals surface area contributed by atoms with Crippen LogP contribution in [0.25, 0.3) is 0 Å². The van der Waals surface area contributed by atoms with Gasteiger partial charge in [-0.05, 0) is 5.56 Å². The van der Waals surface area contributed by atoms with Crippen molar-refractivity contribution in [1.82, 2.24) is 0 Å². The van der Waals surface area contributed by atoms with Crippen molar-refractivity contribution in [2.75, 3.05) is 23.6 Å². The molecule has 2 aliphatic heterocycles. The predicted molar refractivity (Wildman–Crippen MR) is 78.7 cm³/mol. The molecule has 0 aliphatic carbocycles. The van der Waals surface area contributed by atoms with Crippen molar-refractivity contribution in [2.24, 2.45) is 0 Å². The van der Waals surface area contributed by atoms with E-state index in [0.29, 0.717) is 18.8 Å². The molecule has 0 spiro atoms. The van der Waals surface area contributed by atoms with E-state index in [2.05, 4.69) is 5.32 Å². The van der Waals surface area contributed by atoms with E-state index in [1.54, 1.807) is 4.90 Å². The van der Waals surface area contributed by atoms with Gasteiger partial charge >= 0.3 is 0 Å². The quantitative estimate of drug-likeness (QED) is 0.918. The first-order chi connectivity index (χ1) is 10.3. The molecule has 0 aromatic heterocycles. The number of hydrogen-bond acceptors (Lipinski definition) is 4. The fraction of sp³-hybridized carbons (Fsp3) is 0.188. The summed E-state index contributed by atoms with van der Waals surface area (Å²) in [6.07, 6.45) is 0. The lowest BCUT2D eigenvalue weighted by atomic mass is 10.1. The number of anilines is 2. The van der Waals surface area contributed by atoms with Gasteiger partial charge in [-0.1, -0.05) is 30.3 Å². The summed E-state index contributed by atoms with van der Waals surface area (Å²) in [4.78, 5) is 14.0. The van der Waals surface area contributed by atoms with Crippen molar-refractivity contribution in [2.45, 2.75) is 6.54 Å². The largest absolute Gasteiger partial charge is 0.454 e. The highest BCUT2D eigenvalue weighted by Crippen LogP contribution is 2.42. The summed E-state index contributed by atoms with van der Waals surface area (Å²) >= 11 is 0. The Morgan fingerprint density at radius 3 is 2.67 bits per heavy atom. The third-order valence-electron chi connectivity index (χ3n) is 3.70. The Balaban J connectivity index is 1.73. The smallest absolute Gasteiger partial charge is 0.246 e. The van der Waals surface area contributed by atoms with Gasteiger partial charge in [-0.15, -0.1) is 0 Å². The summed E-state index contributed by atoms with van der Waals surface area (Å²) in [7, 11) is 0. The second-order valence-electron chi connectivity index (χ2n) is 5.04. The summed E-state index contributed by atoms with van der Waals surface area (Å²) in [6.45, 7) is 1.07. The van der Waals surface area contributed by atoms with Crippen LogP contribution in [-0.4, -0.2) is 19.2 Å². The molecule has 0 atom stereocenters. The topological polar surface area (TPSA) is 50.8 Å². The normalized spacial score (nSPS) is 15.6. The molecular formula is C16H14N2O3. The molecule has 0 unspecified atom stereocenters. The van der Waals surface area contributed by atoms with E-state index in [0.717, 1.165) is 22.7 Å². The Bertz CT molecular complexity index is 700. The van der Waals surface area contributed by atoms with E-state index in [1.165, 1.54) is 0 Å². The van der Waals surface area contributed by atoms with Crippen LogP contribution in [0.3, 0.4) is 0 Å². The first-order valence-electron chi connectivity index (χ1n) is 6.83. The van der Waals surface area contributed by atoms with Gasteiger partial charge in [0.15, 0.2) is 11.5 Å². The van der Waals surface area contributed by atoms with Gasteiger partial charge in [0, 0.05) is 12.1 Å². The number of rotatable bonds is 2. The highest BCUT2D eigenvalue weighted by Gasteiger charge is 2.27. The van der Waals surface area contributed by atoms with Crippen molar-refractivity contribution < 1.29 is 14.3 Å². The van der Waals surface area contributed by atoms with Crippen LogP contribution < -0.4 is 19.7 Å². The van der Waals surface area contributed by atoms with Crippen LogP contribution in [0.2, 0.25) is 0 Å². The van der Waals surface area contributed by atoms with Gasteiger partial charge in [-0.3, -0.25) is 4.79 Å². The number of nitrogens with one attached hydrogen (secondary N) is 1. The van der Waals surface area contributed by atoms with Crippen LogP contribution in [0, 0.1) is 0 Å². The maximum absolute atomic E-state index is 12.3. The second kappa shape index (κ2) is 4.70. The number of ether oxygens (including phenoxy) is 2. The minimum absolute atomic E-state index is 0.0465. The Morgan fingerprint density at radius 2 is 1.86 bits per heavy atom. The Labute approximate surface area is 122 Å². The monoisotopic (exact) mass is 282 g/mol. The molecule has 0 fully saturated rings. The Kier molecular flexibility index (Phi) is 2.70. The van der Waals surface area contributed by atoms with Gasteiger partial charge in [-0.2, -0.15) is 0 Å². The minimum atomic E-state index is 0.0465. The van der Waals surface area contributed by atoms with Crippen LogP contribution in [0.1, 0.15) is 5.56 Å². The summed E-state index contributed by atoms with van der Waals surface area (Å²) in [5.41, 5.74) is 2.82. The van der Waals surface area contributed by atoms with Gasteiger partial charge in [0.05, 0.1) is 24.5 Å². The molecule has 2 aromatic carbocycles. The number of fused-ring (bicyclic) bond motifs is 2. The first-order valence-corrected chi connectivity index (χ1v) is 6.83. The summed E-state index contributed by atoms with van der Waals surface area (Å²) in [5.74, 6) is 1.45. The molecule has 0 radical (unpaired) electrons. The van der Waals surface area contributed by atoms with Crippen molar-refractivity contribution >= 4 is 17.3 Å². The van der Waals surface area contributed by atoms with Crippen LogP contribution >= 0.6 is 0 Å². The van der Waals surface area contributed by atoms with Crippen LogP contribution in [-0.2, 0) is 11.3 Å². The van der Waals surface area contributed by atoms with Gasteiger partial charge in [-0.25, -0.2) is 0 Å². The van der Waals surface area contributed by atoms with Crippen molar-refractivity contribution in [3.05, 3.63) is 48.0 Å². The lowest BCUT2D eigenvalue weighted by molar-refractivity contribution is -0.117. The molecule has 2 heterocycles. The predicted octanol–water partition coefficient (Wildman–Crippen LogP) is 2.37. The molecule has 2 aromatic rings. The fourth-order valence-electron chi connectivity index (χ4n) is 2.64. The van der Waals surface area contributed by atoms with Gasteiger partial charge < -0.3 is 19.7 Å². The number of amides is 1. The average Bonchev–Trinajstić information content (AvgIpc) is 2.97. The highest BCUT2D eigenvalue weighted by atomic mass is 16.7. The standard InChI is InChI=1S/C16H14N2O3/c19-16-8-17-12-6-14-15(21-10-20-14)7-13(12)18(16)9-11-4-2-1-3-5-11/h1-7,17H,8-10H2. The molecule has 5 nitrogen and oxygen atoms in total. The number of carbonyl (C=O) groups excluding carboxylic acids is 1. The van der Waals surface area contributed by atoms with E-state index in [4.69, 9.17) is 9.47 Å². The Morgan fingerprint density at radius 1 is 1.10 bits per heavy atom. The van der Waals surface area contributed by atoms with E-state index in [-0.39, 0.29) is 12.7 Å². The fourth-order valence-corrected chi connectivity index (χ4v) is 2.64. The number of hydrogen-bond donors (Lipinski definition) is 1. The minimum Gasteiger partial charge on any atom is -0.454 e. The third-order valence-corrected chi connectivity index (χ3v) is 3.70. The van der Waals surface area contributed by atoms with E-state index < -0.39 is 0 Å². The lowest BCUT2D eigenvalue weighted by Crippen LogP contribution is -2.39. The Hall–Kier alpha value is -2.69. The number of carbonyl (C=O) groups is 1. The zero-order valence-electron chi connectivity index (χ0n) is 11.3. The van der Waals surface area contributed by atoms with Crippen molar-refractivity contribution in [3.8, 4) is 11.5 Å². The molecule has 0 saturated heterocycles. The maximum Gasteiger partial charge on any atom is 0.246 e. The second-order valence-corrected chi connectivity index (χ2v) is 5.04. The summed E-state index contributed by atoms with van der Waals surface area (Å²) < 4.78 is 10.8. The molecule has 1 N–H and O–H groups in total. The summed E-state index contributed by atoms with van der Waals surface area (Å²) in [5, 5.41) is 3.13. The van der Waals surface area contributed by atoms with Gasteiger partial charge in [0.25, 0.3) is 0 Å². The van der Waals surface area contributed by atoms with Crippen LogP contribution in [0.4, 0.5) is 11.4 Å². The van der Waals surface area contributed by atoms with E-state index >= 15 is 0 Å². The van der Waals surface area contributed by atoms with Gasteiger partial charge in [0.1, 0.15) is 0 Å². The summed E-state index contributed by atoms with van der Waals surface area (Å²) in [6, 6.07) is 13.7. The van der Waals surface area contributed by atoms with Crippen molar-refractivity contribution in [3.63, 3.8) is 0 Å². The molecular weight excluding hydrogens is 268 g/mol. The zero-order valence-corrected chi connectivity index (χ0v) is 11.3. The SMILES string of the molecule is O=C1CNc2cc3c(cc2N1Cc1ccccc1)OCO3. The van der Waals surface area contributed by atoms with E-state index in [9.17, 15) is 4.79 Å². The average molecular weight is 282 g/mol. The number of benzene rings is 2. The first kappa shape index (κ1) is 12.1. The molecule has 0 bridgehead atoms. The molecule has 21 heavy (non-hydrogen) atoms. The number of nitrogens with zero attached hydrogens (tertiary/aromatic N) is 1. The molecule has 4 rings (SSSR count). The maximum atomic E-state index is 12.3. The van der Waals surface area contributed by atoms with E-state index in [1.807, 2.05) is 42.5 Å². The molecule has 1 amide bonds. The molecule has 2 aliphatic rings. The van der Waals surface area contributed by atoms with Gasteiger partial charge in [0.2, 0.25) is 12.7 Å². The van der Waals surface area contributed by atoms with Crippen molar-refractivity contribution in [1.29, 1.82) is 0 Å².